The Morgan fingerprint density at radius 3 is 2.84 bits per heavy atom. The molecule has 0 radical (unpaired) electrons. The monoisotopic (exact) mass is 260 g/mol. The maximum absolute atomic E-state index is 11.4. The van der Waals surface area contributed by atoms with Gasteiger partial charge in [-0.15, -0.1) is 0 Å². The van der Waals surface area contributed by atoms with Crippen LogP contribution < -0.4 is 0 Å². The Hall–Kier alpha value is -1.91. The van der Waals surface area contributed by atoms with Crippen LogP contribution in [0.1, 0.15) is 54.4 Å². The third-order valence-corrected chi connectivity index (χ3v) is 3.36. The lowest BCUT2D eigenvalue weighted by molar-refractivity contribution is 0.0698. The van der Waals surface area contributed by atoms with Crippen molar-refractivity contribution in [1.82, 2.24) is 10.1 Å². The zero-order chi connectivity index (χ0) is 13.6. The molecule has 1 N–H and O–H groups in total. The van der Waals surface area contributed by atoms with Crippen LogP contribution >= 0.6 is 0 Å². The minimum absolute atomic E-state index is 0.267. The van der Waals surface area contributed by atoms with Crippen LogP contribution in [-0.2, 0) is 6.42 Å². The minimum atomic E-state index is -0.942. The standard InChI is InChI=1S/C14H16N2O3/c1-7(2)5-11-12-9(14(17)18)6-10(8-3-4-8)15-13(12)19-16-11/h6-8H,3-5H2,1-2H3,(H,17,18). The highest BCUT2D eigenvalue weighted by Gasteiger charge is 2.29. The fourth-order valence-corrected chi connectivity index (χ4v) is 2.31. The van der Waals surface area contributed by atoms with Gasteiger partial charge in [-0.3, -0.25) is 0 Å². The highest BCUT2D eigenvalue weighted by atomic mass is 16.5. The third kappa shape index (κ3) is 2.20. The molecule has 2 heterocycles. The van der Waals surface area contributed by atoms with E-state index in [9.17, 15) is 9.90 Å². The Balaban J connectivity index is 2.18. The second-order valence-electron chi connectivity index (χ2n) is 5.58. The molecular formula is C14H16N2O3. The second-order valence-corrected chi connectivity index (χ2v) is 5.58. The van der Waals surface area contributed by atoms with Gasteiger partial charge in [0, 0.05) is 11.6 Å². The molecule has 0 aliphatic heterocycles. The van der Waals surface area contributed by atoms with Crippen molar-refractivity contribution in [3.05, 3.63) is 23.0 Å². The van der Waals surface area contributed by atoms with Gasteiger partial charge in [0.1, 0.15) is 0 Å². The smallest absolute Gasteiger partial charge is 0.336 e. The van der Waals surface area contributed by atoms with Crippen molar-refractivity contribution in [2.45, 2.75) is 39.0 Å². The number of nitrogens with zero attached hydrogens (tertiary/aromatic N) is 2. The lowest BCUT2D eigenvalue weighted by Gasteiger charge is -2.04. The number of carbonyl (C=O) groups is 1. The van der Waals surface area contributed by atoms with Gasteiger partial charge in [-0.1, -0.05) is 19.0 Å². The van der Waals surface area contributed by atoms with Crippen LogP contribution in [0.3, 0.4) is 0 Å². The number of rotatable bonds is 4. The summed E-state index contributed by atoms with van der Waals surface area (Å²) >= 11 is 0. The Labute approximate surface area is 110 Å². The Morgan fingerprint density at radius 1 is 1.53 bits per heavy atom. The molecule has 3 rings (SSSR count). The maximum Gasteiger partial charge on any atom is 0.336 e. The average Bonchev–Trinajstić information content (AvgIpc) is 3.12. The Morgan fingerprint density at radius 2 is 2.26 bits per heavy atom. The maximum atomic E-state index is 11.4. The molecule has 0 amide bonds. The lowest BCUT2D eigenvalue weighted by Crippen LogP contribution is -2.03. The van der Waals surface area contributed by atoms with Gasteiger partial charge in [-0.25, -0.2) is 9.78 Å². The molecule has 0 aromatic carbocycles. The molecule has 0 atom stereocenters. The fraction of sp³-hybridized carbons (Fsp3) is 0.500. The number of aromatic nitrogens is 2. The first-order valence-corrected chi connectivity index (χ1v) is 6.58. The van der Waals surface area contributed by atoms with Gasteiger partial charge < -0.3 is 9.63 Å². The van der Waals surface area contributed by atoms with Gasteiger partial charge >= 0.3 is 5.97 Å². The van der Waals surface area contributed by atoms with Crippen molar-refractivity contribution in [2.24, 2.45) is 5.92 Å². The SMILES string of the molecule is CC(C)Cc1noc2nc(C3CC3)cc(C(=O)O)c12. The first-order chi connectivity index (χ1) is 9.06. The quantitative estimate of drug-likeness (QED) is 0.914. The van der Waals surface area contributed by atoms with Crippen LogP contribution in [0.2, 0.25) is 0 Å². The van der Waals surface area contributed by atoms with Crippen molar-refractivity contribution < 1.29 is 14.4 Å². The van der Waals surface area contributed by atoms with Crippen LogP contribution in [0, 0.1) is 5.92 Å². The molecule has 5 nitrogen and oxygen atoms in total. The third-order valence-electron chi connectivity index (χ3n) is 3.36. The summed E-state index contributed by atoms with van der Waals surface area (Å²) in [5, 5.41) is 13.9. The second kappa shape index (κ2) is 4.33. The van der Waals surface area contributed by atoms with Crippen LogP contribution in [0.5, 0.6) is 0 Å². The normalized spacial score (nSPS) is 15.3. The first-order valence-electron chi connectivity index (χ1n) is 6.58. The zero-order valence-corrected chi connectivity index (χ0v) is 11.0. The number of hydrogen-bond donors (Lipinski definition) is 1. The highest BCUT2D eigenvalue weighted by Crippen LogP contribution is 2.40. The van der Waals surface area contributed by atoms with E-state index < -0.39 is 5.97 Å². The van der Waals surface area contributed by atoms with Crippen LogP contribution in [0.25, 0.3) is 11.1 Å². The lowest BCUT2D eigenvalue weighted by atomic mass is 10.0. The van der Waals surface area contributed by atoms with E-state index in [1.165, 1.54) is 0 Å². The molecule has 0 saturated heterocycles. The summed E-state index contributed by atoms with van der Waals surface area (Å²) in [7, 11) is 0. The number of carboxylic acids is 1. The van der Waals surface area contributed by atoms with Gasteiger partial charge in [-0.2, -0.15) is 0 Å². The van der Waals surface area contributed by atoms with Crippen LogP contribution in [0.15, 0.2) is 10.6 Å². The molecule has 2 aromatic heterocycles. The van der Waals surface area contributed by atoms with Crippen molar-refractivity contribution in [1.29, 1.82) is 0 Å². The summed E-state index contributed by atoms with van der Waals surface area (Å²) in [5.74, 6) is -0.165. The van der Waals surface area contributed by atoms with Crippen molar-refractivity contribution >= 4 is 17.1 Å². The fourth-order valence-electron chi connectivity index (χ4n) is 2.31. The summed E-state index contributed by atoms with van der Waals surface area (Å²) < 4.78 is 5.23. The summed E-state index contributed by atoms with van der Waals surface area (Å²) in [5.41, 5.74) is 2.13. The molecule has 2 aromatic rings. The Bertz CT molecular complexity index is 641. The van der Waals surface area contributed by atoms with E-state index in [-0.39, 0.29) is 5.56 Å². The van der Waals surface area contributed by atoms with Crippen molar-refractivity contribution in [3.8, 4) is 0 Å². The molecule has 19 heavy (non-hydrogen) atoms. The van der Waals surface area contributed by atoms with E-state index in [1.807, 2.05) is 0 Å². The molecule has 0 spiro atoms. The van der Waals surface area contributed by atoms with E-state index in [4.69, 9.17) is 4.52 Å². The van der Waals surface area contributed by atoms with Crippen LogP contribution in [-0.4, -0.2) is 21.2 Å². The van der Waals surface area contributed by atoms with Crippen molar-refractivity contribution in [2.75, 3.05) is 0 Å². The molecular weight excluding hydrogens is 244 g/mol. The molecule has 0 unspecified atom stereocenters. The van der Waals surface area contributed by atoms with Gasteiger partial charge in [0.05, 0.1) is 16.6 Å². The van der Waals surface area contributed by atoms with Gasteiger partial charge in [-0.05, 0) is 31.2 Å². The van der Waals surface area contributed by atoms with Crippen molar-refractivity contribution in [3.63, 3.8) is 0 Å². The number of aromatic carboxylic acids is 1. The number of hydrogen-bond acceptors (Lipinski definition) is 4. The van der Waals surface area contributed by atoms with Gasteiger partial charge in [0.25, 0.3) is 5.71 Å². The topological polar surface area (TPSA) is 76.2 Å². The molecule has 100 valence electrons. The van der Waals surface area contributed by atoms with E-state index in [0.29, 0.717) is 35.1 Å². The molecule has 5 heteroatoms. The summed E-state index contributed by atoms with van der Waals surface area (Å²) in [4.78, 5) is 15.9. The Kier molecular flexibility index (Phi) is 2.77. The minimum Gasteiger partial charge on any atom is -0.478 e. The summed E-state index contributed by atoms with van der Waals surface area (Å²) in [6.45, 7) is 4.12. The highest BCUT2D eigenvalue weighted by molar-refractivity contribution is 6.02. The number of carboxylic acid groups (broad SMARTS) is 1. The first kappa shape index (κ1) is 12.1. The van der Waals surface area contributed by atoms with E-state index in [1.54, 1.807) is 6.07 Å². The zero-order valence-electron chi connectivity index (χ0n) is 11.0. The molecule has 1 saturated carbocycles. The average molecular weight is 260 g/mol. The van der Waals surface area contributed by atoms with E-state index >= 15 is 0 Å². The largest absolute Gasteiger partial charge is 0.478 e. The van der Waals surface area contributed by atoms with Crippen LogP contribution in [0.4, 0.5) is 0 Å². The molecule has 0 bridgehead atoms. The molecule has 1 aliphatic carbocycles. The number of pyridine rings is 1. The summed E-state index contributed by atoms with van der Waals surface area (Å²) in [6, 6.07) is 1.68. The molecule has 1 fully saturated rings. The van der Waals surface area contributed by atoms with Gasteiger partial charge in [0.2, 0.25) is 0 Å². The predicted molar refractivity (Wildman–Crippen MR) is 69.3 cm³/mol. The summed E-state index contributed by atoms with van der Waals surface area (Å²) in [6.07, 6.45) is 2.84. The van der Waals surface area contributed by atoms with E-state index in [2.05, 4.69) is 24.0 Å². The number of fused-ring (bicyclic) bond motifs is 1. The van der Waals surface area contributed by atoms with Gasteiger partial charge in [0.15, 0.2) is 0 Å². The van der Waals surface area contributed by atoms with E-state index in [0.717, 1.165) is 18.5 Å². The molecule has 1 aliphatic rings. The predicted octanol–water partition coefficient (Wildman–Crippen LogP) is 3.00.